The average Bonchev–Trinajstić information content (AvgIpc) is 3.90. The summed E-state index contributed by atoms with van der Waals surface area (Å²) in [7, 11) is 0. The fourth-order valence-corrected chi connectivity index (χ4v) is 8.24. The molecule has 0 spiro atoms. The van der Waals surface area contributed by atoms with Gasteiger partial charge in [-0.15, -0.1) is 0 Å². The lowest BCUT2D eigenvalue weighted by atomic mass is 10.0. The van der Waals surface area contributed by atoms with Crippen LogP contribution in [0.2, 0.25) is 0 Å². The quantitative estimate of drug-likeness (QED) is 0.0215. The summed E-state index contributed by atoms with van der Waals surface area (Å²) in [6.45, 7) is 2.26. The second-order valence-electron chi connectivity index (χ2n) is 17.8. The monoisotopic (exact) mass is 1150 g/mol. The molecule has 21 N–H and O–H groups in total. The lowest BCUT2D eigenvalue weighted by Crippen LogP contribution is -2.63. The fraction of sp³-hybridized carbons (Fsp3) is 0.689. The van der Waals surface area contributed by atoms with Gasteiger partial charge in [-0.2, -0.15) is 36.2 Å². The summed E-state index contributed by atoms with van der Waals surface area (Å²) in [5, 5.41) is 52.3. The Morgan fingerprint density at radius 1 is 0.610 bits per heavy atom. The van der Waals surface area contributed by atoms with Gasteiger partial charge in [0.05, 0.1) is 37.5 Å². The molecule has 1 aromatic rings. The number of carbonyl (C=O) groups is 11. The first-order valence-electron chi connectivity index (χ1n) is 24.7. The second kappa shape index (κ2) is 37.9. The van der Waals surface area contributed by atoms with Crippen molar-refractivity contribution in [2.24, 2.45) is 22.9 Å². The van der Waals surface area contributed by atoms with E-state index in [0.717, 1.165) is 13.8 Å². The number of carbonyl (C=O) groups excluding carboxylic acids is 10. The van der Waals surface area contributed by atoms with E-state index in [0.29, 0.717) is 49.4 Å². The van der Waals surface area contributed by atoms with Crippen LogP contribution in [0, 0.1) is 0 Å². The van der Waals surface area contributed by atoms with Gasteiger partial charge in [0.1, 0.15) is 48.3 Å². The zero-order valence-corrected chi connectivity index (χ0v) is 46.2. The van der Waals surface area contributed by atoms with Crippen LogP contribution in [0.3, 0.4) is 0 Å². The van der Waals surface area contributed by atoms with Crippen LogP contribution in [0.1, 0.15) is 77.3 Å². The number of nitrogens with one attached hydrogen (secondary N) is 10. The summed E-state index contributed by atoms with van der Waals surface area (Å²) in [6.07, 6.45) is 4.11. The van der Waals surface area contributed by atoms with Crippen LogP contribution in [-0.4, -0.2) is 206 Å². The van der Waals surface area contributed by atoms with Crippen LogP contribution < -0.4 is 70.8 Å². The Balaban J connectivity index is 3.41. The first kappa shape index (κ1) is 69.2. The van der Waals surface area contributed by atoms with Crippen LogP contribution in [0.5, 0.6) is 0 Å². The topological polar surface area (TPSA) is 489 Å². The Hall–Kier alpha value is -5.77. The number of aliphatic hydroxyl groups is 2. The van der Waals surface area contributed by atoms with Gasteiger partial charge >= 0.3 is 5.97 Å². The minimum Gasteiger partial charge on any atom is -0.480 e. The van der Waals surface area contributed by atoms with E-state index in [1.165, 1.54) is 36.0 Å². The third kappa shape index (κ3) is 26.9. The highest BCUT2D eigenvalue weighted by Crippen LogP contribution is 2.10. The lowest BCUT2D eigenvalue weighted by molar-refractivity contribution is -0.144. The molecule has 0 aliphatic heterocycles. The summed E-state index contributed by atoms with van der Waals surface area (Å²) < 4.78 is 0. The van der Waals surface area contributed by atoms with E-state index in [1.54, 1.807) is 6.26 Å². The van der Waals surface area contributed by atoms with E-state index < -0.39 is 150 Å². The minimum atomic E-state index is -1.82. The number of hydrogen-bond acceptors (Lipinski definition) is 20. The molecule has 0 fully saturated rings. The normalized spacial score (nSPS) is 15.4. The van der Waals surface area contributed by atoms with E-state index in [4.69, 9.17) is 22.9 Å². The smallest absolute Gasteiger partial charge is 0.326 e. The van der Waals surface area contributed by atoms with Gasteiger partial charge in [-0.3, -0.25) is 47.9 Å². The summed E-state index contributed by atoms with van der Waals surface area (Å²) in [4.78, 5) is 152. The van der Waals surface area contributed by atoms with Crippen molar-refractivity contribution in [2.45, 2.75) is 145 Å². The van der Waals surface area contributed by atoms with Crippen LogP contribution in [-0.2, 0) is 59.2 Å². The largest absolute Gasteiger partial charge is 0.480 e. The molecule has 32 heteroatoms. The number of primary amides is 1. The van der Waals surface area contributed by atoms with Crippen molar-refractivity contribution in [3.8, 4) is 0 Å². The molecule has 0 bridgehead atoms. The highest BCUT2D eigenvalue weighted by Gasteiger charge is 2.37. The number of carboxylic acids is 1. The van der Waals surface area contributed by atoms with Crippen LogP contribution in [0.4, 0.5) is 0 Å². The predicted molar refractivity (Wildman–Crippen MR) is 289 cm³/mol. The van der Waals surface area contributed by atoms with Crippen molar-refractivity contribution < 1.29 is 68.1 Å². The number of nitrogens with two attached hydrogens (primary N) is 4. The molecule has 1 heterocycles. The van der Waals surface area contributed by atoms with Crippen molar-refractivity contribution in [3.05, 3.63) is 18.2 Å². The number of aromatic nitrogens is 2. The molecule has 0 aliphatic rings. The molecule has 1 aromatic heterocycles. The van der Waals surface area contributed by atoms with E-state index >= 15 is 0 Å². The van der Waals surface area contributed by atoms with Gasteiger partial charge in [0, 0.05) is 24.1 Å². The number of hydrogen-bond donors (Lipinski definition) is 18. The molecule has 0 aromatic carbocycles. The maximum atomic E-state index is 14.3. The maximum Gasteiger partial charge on any atom is 0.326 e. The average molecular weight is 1150 g/mol. The molecule has 29 nitrogen and oxygen atoms in total. The third-order valence-electron chi connectivity index (χ3n) is 11.4. The first-order chi connectivity index (χ1) is 36.4. The molecule has 77 heavy (non-hydrogen) atoms. The van der Waals surface area contributed by atoms with Crippen molar-refractivity contribution in [3.63, 3.8) is 0 Å². The number of thiol groups is 1. The van der Waals surface area contributed by atoms with Gasteiger partial charge in [0.2, 0.25) is 59.1 Å². The number of aliphatic carboxylic acids is 1. The number of H-pyrrole nitrogens is 1. The summed E-state index contributed by atoms with van der Waals surface area (Å²) in [6, 6.07) is -13.2. The molecule has 0 aliphatic carbocycles. The zero-order valence-electron chi connectivity index (χ0n) is 43.7. The highest BCUT2D eigenvalue weighted by molar-refractivity contribution is 7.98. The van der Waals surface area contributed by atoms with E-state index in [1.807, 2.05) is 11.6 Å². The Morgan fingerprint density at radius 3 is 1.51 bits per heavy atom. The second-order valence-corrected chi connectivity index (χ2v) is 20.1. The van der Waals surface area contributed by atoms with Crippen molar-refractivity contribution in [2.75, 3.05) is 49.4 Å². The van der Waals surface area contributed by atoms with E-state index in [-0.39, 0.29) is 38.6 Å². The molecule has 1 rings (SSSR count). The molecule has 0 unspecified atom stereocenters. The number of thioether (sulfide) groups is 2. The third-order valence-corrected chi connectivity index (χ3v) is 13.0. The Kier molecular flexibility index (Phi) is 34.1. The number of nitrogens with zero attached hydrogens (tertiary/aromatic N) is 1. The molecule has 0 radical (unpaired) electrons. The molecular weight excluding hydrogens is 1070 g/mol. The van der Waals surface area contributed by atoms with Crippen molar-refractivity contribution >= 4 is 101 Å². The number of unbranched alkanes of at least 4 members (excludes halogenated alkanes) is 2. The van der Waals surface area contributed by atoms with Crippen LogP contribution in [0.25, 0.3) is 0 Å². The summed E-state index contributed by atoms with van der Waals surface area (Å²) in [5.41, 5.74) is 22.8. The van der Waals surface area contributed by atoms with Gasteiger partial charge in [0.25, 0.3) is 0 Å². The Bertz CT molecular complexity index is 2080. The molecule has 0 saturated heterocycles. The molecule has 11 atom stereocenters. The summed E-state index contributed by atoms with van der Waals surface area (Å²) >= 11 is 6.97. The van der Waals surface area contributed by atoms with Gasteiger partial charge in [0.15, 0.2) is 0 Å². The Labute approximate surface area is 460 Å². The number of imidazole rings is 1. The number of carboxylic acid groups (broad SMARTS) is 1. The zero-order chi connectivity index (χ0) is 58.2. The SMILES string of the molecule is CSCC[C@H](NC(=O)[C@H](CCCCN)NC(=O)CNC(=O)[C@@H](N)CCSC)C(=O)N[C@@H](Cc1cnc[nH]1)C(=O)N[C@@H](CCCCN)C(=O)N[C@H](C(=O)N[C@@H](CS)C(=O)N[C@H](C(=O)N[C@@H](CC(N)=O)C(=O)O)[C@@H](C)O)[C@@H](C)O. The summed E-state index contributed by atoms with van der Waals surface area (Å²) in [5.74, 6) is -10.3. The van der Waals surface area contributed by atoms with Gasteiger partial charge < -0.3 is 91.1 Å². The number of rotatable bonds is 40. The van der Waals surface area contributed by atoms with Crippen LogP contribution in [0.15, 0.2) is 12.5 Å². The van der Waals surface area contributed by atoms with Gasteiger partial charge in [-0.1, -0.05) is 0 Å². The lowest BCUT2D eigenvalue weighted by Gasteiger charge is -2.29. The van der Waals surface area contributed by atoms with Crippen LogP contribution >= 0.6 is 36.2 Å². The Morgan fingerprint density at radius 2 is 1.05 bits per heavy atom. The van der Waals surface area contributed by atoms with E-state index in [2.05, 4.69) is 65.1 Å². The molecule has 0 saturated carbocycles. The van der Waals surface area contributed by atoms with Gasteiger partial charge in [-0.25, -0.2) is 9.78 Å². The number of aliphatic hydroxyl groups excluding tert-OH is 2. The molecular formula is C45H79N15O14S3. The van der Waals surface area contributed by atoms with Crippen molar-refractivity contribution in [1.82, 2.24) is 57.8 Å². The minimum absolute atomic E-state index is 0.0648. The van der Waals surface area contributed by atoms with Gasteiger partial charge in [-0.05, 0) is 102 Å². The molecule has 10 amide bonds. The predicted octanol–water partition coefficient (Wildman–Crippen LogP) is -6.31. The highest BCUT2D eigenvalue weighted by atomic mass is 32.2. The van der Waals surface area contributed by atoms with E-state index in [9.17, 15) is 68.1 Å². The molecule has 436 valence electrons. The number of aromatic amines is 1. The standard InChI is InChI=1S/C45H79N15O14S3/c1-23(61)35(43(71)57-31(45(73)74)18-33(49)63)60-42(70)32(21-75)58-44(72)36(24(2)62)59-40(68)28(10-6-8-14-47)54-41(69)30(17-25-19-50-22-52-25)56-39(67)29(12-16-77-4)55-38(66)27(9-5-7-13-46)53-34(64)20-51-37(65)26(48)11-15-76-3/h19,22-24,26-32,35-36,61-62,75H,5-18,20-21,46-48H2,1-4H3,(H2,49,63)(H,50,52)(H,51,65)(H,53,64)(H,54,69)(H,55,66)(H,56,67)(H,57,71)(H,58,72)(H,59,68)(H,60,70)(H,73,74)/t23-,24-,26+,27+,28+,29+,30+,31+,32+,35+,36+/m1/s1. The first-order valence-corrected chi connectivity index (χ1v) is 28.1. The fourth-order valence-electron chi connectivity index (χ4n) is 7.03. The maximum absolute atomic E-state index is 14.3. The van der Waals surface area contributed by atoms with Crippen molar-refractivity contribution in [1.29, 1.82) is 0 Å². The number of amides is 10.